The van der Waals surface area contributed by atoms with Crippen molar-refractivity contribution in [2.24, 2.45) is 0 Å². The first-order valence-electron chi connectivity index (χ1n) is 6.00. The van der Waals surface area contributed by atoms with Gasteiger partial charge in [0.05, 0.1) is 0 Å². The Hall–Kier alpha value is -1.13. The molecular weight excluding hydrogens is 266 g/mol. The Morgan fingerprint density at radius 1 is 1.33 bits per heavy atom. The van der Waals surface area contributed by atoms with Gasteiger partial charge in [0, 0.05) is 29.9 Å². The lowest BCUT2D eigenvalue weighted by Crippen LogP contribution is -2.24. The van der Waals surface area contributed by atoms with Crippen LogP contribution < -0.4 is 5.32 Å². The predicted octanol–water partition coefficient (Wildman–Crippen LogP) is 3.36. The molecular formula is C13H16ClN3S. The largest absolute Gasteiger partial charge is 0.356 e. The number of hydrogen-bond donors (Lipinski definition) is 1. The number of aryl methyl sites for hydroxylation is 1. The summed E-state index contributed by atoms with van der Waals surface area (Å²) in [6, 6.07) is 10.5. The first kappa shape index (κ1) is 13.3. The zero-order valence-electron chi connectivity index (χ0n) is 10.3. The van der Waals surface area contributed by atoms with Gasteiger partial charge in [-0.1, -0.05) is 37.3 Å². The lowest BCUT2D eigenvalue weighted by molar-refractivity contribution is 0.794. The van der Waals surface area contributed by atoms with Crippen LogP contribution in [0.3, 0.4) is 0 Å². The van der Waals surface area contributed by atoms with Gasteiger partial charge in [-0.25, -0.2) is 4.98 Å². The van der Waals surface area contributed by atoms with Crippen LogP contribution in [0.5, 0.6) is 0 Å². The predicted molar refractivity (Wildman–Crippen MR) is 77.6 cm³/mol. The van der Waals surface area contributed by atoms with Gasteiger partial charge in [0.1, 0.15) is 5.82 Å². The van der Waals surface area contributed by atoms with Crippen LogP contribution in [-0.2, 0) is 12.8 Å². The molecule has 0 fully saturated rings. The summed E-state index contributed by atoms with van der Waals surface area (Å²) in [6.45, 7) is 2.05. The van der Waals surface area contributed by atoms with Crippen LogP contribution in [0.4, 0.5) is 5.13 Å². The van der Waals surface area contributed by atoms with E-state index in [1.165, 1.54) is 17.1 Å². The van der Waals surface area contributed by atoms with Crippen LogP contribution >= 0.6 is 23.1 Å². The Bertz CT molecular complexity index is 472. The highest BCUT2D eigenvalue weighted by atomic mass is 35.5. The van der Waals surface area contributed by atoms with E-state index >= 15 is 0 Å². The Balaban J connectivity index is 1.97. The van der Waals surface area contributed by atoms with Gasteiger partial charge in [0.15, 0.2) is 0 Å². The van der Waals surface area contributed by atoms with Crippen molar-refractivity contribution in [1.82, 2.24) is 9.36 Å². The van der Waals surface area contributed by atoms with E-state index in [1.54, 1.807) is 0 Å². The lowest BCUT2D eigenvalue weighted by Gasteiger charge is -2.14. The third-order valence-electron chi connectivity index (χ3n) is 2.62. The van der Waals surface area contributed by atoms with Crippen molar-refractivity contribution in [3.63, 3.8) is 0 Å². The SMILES string of the molecule is CCc1nsc(NC(CCl)Cc2ccccc2)n1. The summed E-state index contributed by atoms with van der Waals surface area (Å²) in [6.07, 6.45) is 1.76. The van der Waals surface area contributed by atoms with Gasteiger partial charge in [-0.2, -0.15) is 4.37 Å². The van der Waals surface area contributed by atoms with Crippen LogP contribution in [0.15, 0.2) is 30.3 Å². The third-order valence-corrected chi connectivity index (χ3v) is 3.68. The van der Waals surface area contributed by atoms with Crippen LogP contribution in [-0.4, -0.2) is 21.3 Å². The number of benzene rings is 1. The maximum atomic E-state index is 6.00. The van der Waals surface area contributed by atoms with Crippen LogP contribution in [0.25, 0.3) is 0 Å². The van der Waals surface area contributed by atoms with Crippen molar-refractivity contribution >= 4 is 28.3 Å². The van der Waals surface area contributed by atoms with Gasteiger partial charge in [0.2, 0.25) is 5.13 Å². The van der Waals surface area contributed by atoms with Crippen molar-refractivity contribution in [1.29, 1.82) is 0 Å². The number of alkyl halides is 1. The van der Waals surface area contributed by atoms with Crippen molar-refractivity contribution in [2.45, 2.75) is 25.8 Å². The molecule has 1 atom stereocenters. The zero-order chi connectivity index (χ0) is 12.8. The normalized spacial score (nSPS) is 12.3. The Morgan fingerprint density at radius 3 is 2.72 bits per heavy atom. The molecule has 5 heteroatoms. The van der Waals surface area contributed by atoms with E-state index < -0.39 is 0 Å². The minimum Gasteiger partial charge on any atom is -0.356 e. The number of anilines is 1. The van der Waals surface area contributed by atoms with Gasteiger partial charge < -0.3 is 5.32 Å². The first-order chi connectivity index (χ1) is 8.81. The van der Waals surface area contributed by atoms with E-state index in [-0.39, 0.29) is 6.04 Å². The Labute approximate surface area is 116 Å². The molecule has 2 rings (SSSR count). The van der Waals surface area contributed by atoms with Gasteiger partial charge in [-0.15, -0.1) is 11.6 Å². The van der Waals surface area contributed by atoms with Gasteiger partial charge in [0.25, 0.3) is 0 Å². The Kier molecular flexibility index (Phi) is 4.96. The van der Waals surface area contributed by atoms with E-state index in [2.05, 4.69) is 33.7 Å². The summed E-state index contributed by atoms with van der Waals surface area (Å²) >= 11 is 7.40. The Morgan fingerprint density at radius 2 is 2.11 bits per heavy atom. The first-order valence-corrected chi connectivity index (χ1v) is 7.31. The second kappa shape index (κ2) is 6.71. The van der Waals surface area contributed by atoms with E-state index in [0.717, 1.165) is 23.8 Å². The summed E-state index contributed by atoms with van der Waals surface area (Å²) in [5.74, 6) is 1.44. The van der Waals surface area contributed by atoms with E-state index in [4.69, 9.17) is 11.6 Å². The average Bonchev–Trinajstić information content (AvgIpc) is 2.87. The summed E-state index contributed by atoms with van der Waals surface area (Å²) in [5, 5.41) is 4.20. The van der Waals surface area contributed by atoms with Gasteiger partial charge in [-0.3, -0.25) is 0 Å². The van der Waals surface area contributed by atoms with Gasteiger partial charge >= 0.3 is 0 Å². The molecule has 0 amide bonds. The summed E-state index contributed by atoms with van der Waals surface area (Å²) < 4.78 is 4.25. The standard InChI is InChI=1S/C13H16ClN3S/c1-2-12-16-13(18-17-12)15-11(9-14)8-10-6-4-3-5-7-10/h3-7,11H,2,8-9H2,1H3,(H,15,16,17). The minimum absolute atomic E-state index is 0.187. The summed E-state index contributed by atoms with van der Waals surface area (Å²) in [7, 11) is 0. The highest BCUT2D eigenvalue weighted by molar-refractivity contribution is 7.09. The number of rotatable bonds is 6. The number of nitrogens with one attached hydrogen (secondary N) is 1. The van der Waals surface area contributed by atoms with Crippen LogP contribution in [0.1, 0.15) is 18.3 Å². The highest BCUT2D eigenvalue weighted by Gasteiger charge is 2.11. The average molecular weight is 282 g/mol. The van der Waals surface area contributed by atoms with Gasteiger partial charge in [-0.05, 0) is 12.0 Å². The molecule has 3 nitrogen and oxygen atoms in total. The lowest BCUT2D eigenvalue weighted by atomic mass is 10.1. The van der Waals surface area contributed by atoms with E-state index in [0.29, 0.717) is 5.88 Å². The van der Waals surface area contributed by atoms with Crippen molar-refractivity contribution < 1.29 is 0 Å². The number of nitrogens with zero attached hydrogens (tertiary/aromatic N) is 2. The molecule has 0 bridgehead atoms. The molecule has 18 heavy (non-hydrogen) atoms. The topological polar surface area (TPSA) is 37.8 Å². The quantitative estimate of drug-likeness (QED) is 0.825. The number of hydrogen-bond acceptors (Lipinski definition) is 4. The van der Waals surface area contributed by atoms with Crippen LogP contribution in [0, 0.1) is 0 Å². The molecule has 0 aliphatic rings. The maximum Gasteiger partial charge on any atom is 0.202 e. The van der Waals surface area contributed by atoms with E-state index in [1.807, 2.05) is 18.2 Å². The molecule has 0 spiro atoms. The fraction of sp³-hybridized carbons (Fsp3) is 0.385. The van der Waals surface area contributed by atoms with E-state index in [9.17, 15) is 0 Å². The van der Waals surface area contributed by atoms with Crippen molar-refractivity contribution in [3.8, 4) is 0 Å². The molecule has 0 saturated carbocycles. The minimum atomic E-state index is 0.187. The second-order valence-electron chi connectivity index (χ2n) is 4.05. The van der Waals surface area contributed by atoms with Crippen molar-refractivity contribution in [2.75, 3.05) is 11.2 Å². The molecule has 0 radical (unpaired) electrons. The maximum absolute atomic E-state index is 6.00. The van der Waals surface area contributed by atoms with Crippen molar-refractivity contribution in [3.05, 3.63) is 41.7 Å². The fourth-order valence-electron chi connectivity index (χ4n) is 1.67. The molecule has 0 aliphatic heterocycles. The van der Waals surface area contributed by atoms with Crippen LogP contribution in [0.2, 0.25) is 0 Å². The zero-order valence-corrected chi connectivity index (χ0v) is 11.8. The molecule has 1 heterocycles. The highest BCUT2D eigenvalue weighted by Crippen LogP contribution is 2.15. The smallest absolute Gasteiger partial charge is 0.202 e. The fourth-order valence-corrected chi connectivity index (χ4v) is 2.59. The third kappa shape index (κ3) is 3.68. The molecule has 1 N–H and O–H groups in total. The monoisotopic (exact) mass is 281 g/mol. The molecule has 1 aromatic carbocycles. The molecule has 2 aromatic rings. The molecule has 1 unspecified atom stereocenters. The molecule has 1 aromatic heterocycles. The second-order valence-corrected chi connectivity index (χ2v) is 5.12. The summed E-state index contributed by atoms with van der Waals surface area (Å²) in [5.41, 5.74) is 1.27. The molecule has 0 saturated heterocycles. The number of halogens is 1. The number of aromatic nitrogens is 2. The molecule has 96 valence electrons. The molecule has 0 aliphatic carbocycles. The summed E-state index contributed by atoms with van der Waals surface area (Å²) in [4.78, 5) is 4.40.